The van der Waals surface area contributed by atoms with Crippen LogP contribution in [0.5, 0.6) is 0 Å². The molecule has 0 aliphatic heterocycles. The number of hydrogen-bond acceptors (Lipinski definition) is 2. The van der Waals surface area contributed by atoms with Crippen LogP contribution in [0.15, 0.2) is 165 Å². The fourth-order valence-corrected chi connectivity index (χ4v) is 4.44. The van der Waals surface area contributed by atoms with Crippen molar-refractivity contribution in [3.05, 3.63) is 171 Å². The highest BCUT2D eigenvalue weighted by Gasteiger charge is 2.14. The molecule has 0 aliphatic carbocycles. The van der Waals surface area contributed by atoms with E-state index in [9.17, 15) is 0 Å². The van der Waals surface area contributed by atoms with Gasteiger partial charge in [0.2, 0.25) is 0 Å². The van der Waals surface area contributed by atoms with E-state index < -0.39 is 0 Å². The zero-order valence-electron chi connectivity index (χ0n) is 22.1. The first-order valence-corrected chi connectivity index (χ1v) is 12.7. The molecule has 0 saturated heterocycles. The Morgan fingerprint density at radius 1 is 0.632 bits per heavy atom. The maximum absolute atomic E-state index is 4.19. The Kier molecular flexibility index (Phi) is 8.58. The first-order chi connectivity index (χ1) is 18.5. The van der Waals surface area contributed by atoms with Gasteiger partial charge in [-0.1, -0.05) is 86.5 Å². The Morgan fingerprint density at radius 2 is 1.18 bits per heavy atom. The van der Waals surface area contributed by atoms with Crippen molar-refractivity contribution in [3.8, 4) is 11.1 Å². The van der Waals surface area contributed by atoms with E-state index in [-0.39, 0.29) is 0 Å². The average molecular weight is 495 g/mol. The molecule has 2 heteroatoms. The molecule has 0 aliphatic rings. The van der Waals surface area contributed by atoms with Crippen molar-refractivity contribution in [2.45, 2.75) is 13.3 Å². The minimum atomic E-state index is 0.770. The Balaban J connectivity index is 1.66. The number of aryl methyl sites for hydroxylation is 1. The molecule has 4 aromatic carbocycles. The Hall–Kier alpha value is -4.82. The largest absolute Gasteiger partial charge is 0.311 e. The molecule has 0 radical (unpaired) electrons. The third-order valence-corrected chi connectivity index (χ3v) is 6.34. The Labute approximate surface area is 227 Å². The van der Waals surface area contributed by atoms with Gasteiger partial charge in [-0.15, -0.1) is 6.58 Å². The van der Waals surface area contributed by atoms with Crippen LogP contribution in [0.2, 0.25) is 0 Å². The lowest BCUT2D eigenvalue weighted by Gasteiger charge is -2.27. The summed E-state index contributed by atoms with van der Waals surface area (Å²) < 4.78 is 0. The van der Waals surface area contributed by atoms with Crippen molar-refractivity contribution in [1.29, 1.82) is 0 Å². The minimum absolute atomic E-state index is 0.770. The van der Waals surface area contributed by atoms with Gasteiger partial charge in [0.05, 0.1) is 0 Å². The molecule has 188 valence electrons. The van der Waals surface area contributed by atoms with Crippen molar-refractivity contribution in [3.63, 3.8) is 0 Å². The van der Waals surface area contributed by atoms with Crippen LogP contribution < -0.4 is 9.80 Å². The summed E-state index contributed by atoms with van der Waals surface area (Å²) in [5.41, 5.74) is 9.61. The molecule has 0 N–H and O–H groups in total. The molecule has 4 rings (SSSR count). The fraction of sp³-hybridized carbons (Fsp3) is 0.0556. The molecule has 4 aromatic rings. The maximum atomic E-state index is 4.19. The summed E-state index contributed by atoms with van der Waals surface area (Å²) >= 11 is 0. The summed E-state index contributed by atoms with van der Waals surface area (Å²) in [5, 5.41) is 0. The quantitative estimate of drug-likeness (QED) is 0.151. The molecule has 38 heavy (non-hydrogen) atoms. The number of allylic oxidation sites excluding steroid dienone is 4. The van der Waals surface area contributed by atoms with Crippen LogP contribution in [-0.2, 0) is 0 Å². The summed E-state index contributed by atoms with van der Waals surface area (Å²) in [6.45, 7) is 18.2. The maximum Gasteiger partial charge on any atom is 0.0464 e. The molecule has 0 saturated carbocycles. The molecule has 0 spiro atoms. The van der Waals surface area contributed by atoms with Gasteiger partial charge in [-0.25, -0.2) is 0 Å². The summed E-state index contributed by atoms with van der Waals surface area (Å²) in [6.07, 6.45) is 8.49. The second kappa shape index (κ2) is 12.4. The van der Waals surface area contributed by atoms with E-state index in [0.717, 1.165) is 51.7 Å². The molecule has 0 aromatic heterocycles. The lowest BCUT2D eigenvalue weighted by molar-refractivity contribution is 1.18. The summed E-state index contributed by atoms with van der Waals surface area (Å²) in [6, 6.07) is 35.9. The third-order valence-electron chi connectivity index (χ3n) is 6.34. The molecule has 0 unspecified atom stereocenters. The van der Waals surface area contributed by atoms with Crippen LogP contribution >= 0.6 is 0 Å². The van der Waals surface area contributed by atoms with Crippen LogP contribution in [0.4, 0.5) is 22.7 Å². The van der Waals surface area contributed by atoms with E-state index in [1.807, 2.05) is 30.4 Å². The predicted molar refractivity (Wildman–Crippen MR) is 166 cm³/mol. The number of para-hydroxylation sites is 1. The minimum Gasteiger partial charge on any atom is -0.311 e. The molecular formula is C36H34N2. The molecule has 0 atom stereocenters. The normalized spacial score (nSPS) is 10.9. The van der Waals surface area contributed by atoms with E-state index >= 15 is 0 Å². The smallest absolute Gasteiger partial charge is 0.0464 e. The monoisotopic (exact) mass is 494 g/mol. The van der Waals surface area contributed by atoms with Crippen molar-refractivity contribution in [1.82, 2.24) is 0 Å². The van der Waals surface area contributed by atoms with Gasteiger partial charge in [0, 0.05) is 34.1 Å². The van der Waals surface area contributed by atoms with E-state index in [0.29, 0.717) is 0 Å². The van der Waals surface area contributed by atoms with E-state index in [2.05, 4.69) is 134 Å². The second-order valence-electron chi connectivity index (χ2n) is 8.99. The highest BCUT2D eigenvalue weighted by Crippen LogP contribution is 2.34. The standard InChI is InChI=1S/C36H34N2/c1-6-9-15-32(8-3)38(36-18-13-14-28(4)27-36)35-25-21-31(22-26-35)30-19-23-34(24-20-30)37(29(5)7-2)33-16-11-10-12-17-33/h6-8,10-27H,1-3,5,9H2,4H3/b32-15+. The number of anilines is 4. The zero-order chi connectivity index (χ0) is 26.9. The summed E-state index contributed by atoms with van der Waals surface area (Å²) in [7, 11) is 0. The van der Waals surface area contributed by atoms with Gasteiger partial charge in [0.25, 0.3) is 0 Å². The summed E-state index contributed by atoms with van der Waals surface area (Å²) in [5.74, 6) is 0. The number of hydrogen-bond donors (Lipinski definition) is 0. The van der Waals surface area contributed by atoms with Crippen LogP contribution in [0.3, 0.4) is 0 Å². The average Bonchev–Trinajstić information content (AvgIpc) is 2.96. The van der Waals surface area contributed by atoms with Gasteiger partial charge in [-0.2, -0.15) is 0 Å². The van der Waals surface area contributed by atoms with E-state index in [1.54, 1.807) is 6.08 Å². The van der Waals surface area contributed by atoms with Crippen LogP contribution in [0.25, 0.3) is 11.1 Å². The van der Waals surface area contributed by atoms with Crippen molar-refractivity contribution < 1.29 is 0 Å². The molecule has 0 fully saturated rings. The van der Waals surface area contributed by atoms with Gasteiger partial charge in [0.15, 0.2) is 0 Å². The molecule has 0 bridgehead atoms. The predicted octanol–water partition coefficient (Wildman–Crippen LogP) is 10.3. The van der Waals surface area contributed by atoms with Gasteiger partial charge < -0.3 is 9.80 Å². The summed E-state index contributed by atoms with van der Waals surface area (Å²) in [4.78, 5) is 4.33. The van der Waals surface area contributed by atoms with Crippen molar-refractivity contribution >= 4 is 22.7 Å². The molecule has 0 amide bonds. The highest BCUT2D eigenvalue weighted by molar-refractivity contribution is 5.76. The Morgan fingerprint density at radius 3 is 1.71 bits per heavy atom. The van der Waals surface area contributed by atoms with Crippen LogP contribution in [0, 0.1) is 6.92 Å². The Bertz CT molecular complexity index is 1440. The van der Waals surface area contributed by atoms with Crippen LogP contribution in [-0.4, -0.2) is 0 Å². The first kappa shape index (κ1) is 26.2. The molecular weight excluding hydrogens is 460 g/mol. The zero-order valence-corrected chi connectivity index (χ0v) is 22.1. The molecule has 0 heterocycles. The number of rotatable bonds is 11. The van der Waals surface area contributed by atoms with E-state index in [4.69, 9.17) is 0 Å². The van der Waals surface area contributed by atoms with Gasteiger partial charge in [0.1, 0.15) is 0 Å². The topological polar surface area (TPSA) is 6.48 Å². The molecule has 2 nitrogen and oxygen atoms in total. The van der Waals surface area contributed by atoms with Gasteiger partial charge >= 0.3 is 0 Å². The van der Waals surface area contributed by atoms with E-state index in [1.165, 1.54) is 5.56 Å². The van der Waals surface area contributed by atoms with Crippen LogP contribution in [0.1, 0.15) is 12.0 Å². The first-order valence-electron chi connectivity index (χ1n) is 12.7. The lowest BCUT2D eigenvalue weighted by Crippen LogP contribution is -2.15. The number of nitrogens with zero attached hydrogens (tertiary/aromatic N) is 2. The van der Waals surface area contributed by atoms with Crippen molar-refractivity contribution in [2.75, 3.05) is 9.80 Å². The number of benzene rings is 4. The third kappa shape index (κ3) is 5.93. The van der Waals surface area contributed by atoms with Gasteiger partial charge in [-0.05, 0) is 90.7 Å². The second-order valence-corrected chi connectivity index (χ2v) is 8.99. The lowest BCUT2D eigenvalue weighted by atomic mass is 10.0. The SMILES string of the molecule is C=CC/C=C(\C=C)N(c1ccc(-c2ccc(N(C(=C)C=C)c3ccccc3)cc2)cc1)c1cccc(C)c1. The highest BCUT2D eigenvalue weighted by atomic mass is 15.1. The van der Waals surface area contributed by atoms with Crippen molar-refractivity contribution in [2.24, 2.45) is 0 Å². The fourth-order valence-electron chi connectivity index (χ4n) is 4.44. The van der Waals surface area contributed by atoms with Gasteiger partial charge in [-0.3, -0.25) is 0 Å².